The normalized spacial score (nSPS) is 23.9. The summed E-state index contributed by atoms with van der Waals surface area (Å²) in [5.41, 5.74) is 5.28. The second kappa shape index (κ2) is 10.6. The minimum atomic E-state index is -0.948. The number of benzene rings is 1. The average molecular weight is 691 g/mol. The fourth-order valence-electron chi connectivity index (χ4n) is 8.28. The van der Waals surface area contributed by atoms with E-state index >= 15 is 4.39 Å². The first-order chi connectivity index (χ1) is 23.8. The van der Waals surface area contributed by atoms with Gasteiger partial charge in [-0.1, -0.05) is 11.3 Å². The van der Waals surface area contributed by atoms with Crippen LogP contribution in [0.2, 0.25) is 0 Å². The number of pyridine rings is 1. The number of halogens is 3. The Morgan fingerprint density at radius 1 is 1.04 bits per heavy atom. The second-order valence-corrected chi connectivity index (χ2v) is 15.2. The lowest BCUT2D eigenvalue weighted by Gasteiger charge is -2.32. The monoisotopic (exact) mass is 690 g/mol. The number of anilines is 2. The third-order valence-electron chi connectivity index (χ3n) is 10.9. The van der Waals surface area contributed by atoms with Gasteiger partial charge in [-0.15, -0.1) is 10.2 Å². The van der Waals surface area contributed by atoms with Crippen LogP contribution >= 0.6 is 11.3 Å². The van der Waals surface area contributed by atoms with E-state index < -0.39 is 28.9 Å². The van der Waals surface area contributed by atoms with E-state index in [1.807, 2.05) is 4.90 Å². The molecule has 4 fully saturated rings. The Labute approximate surface area is 281 Å². The Bertz CT molecular complexity index is 2250. The SMILES string of the molecule is Nc1nc2c(-c3c(F)c4nc(OC[C@@]56CCCN5C[C@H](F)C6)nc(N5CCn6c(nnc6C6CC6)C5)c4c(=O)n3C3CC3)ccc(F)c2s1. The molecule has 2 aliphatic carbocycles. The van der Waals surface area contributed by atoms with Crippen LogP contribution in [-0.4, -0.2) is 77.1 Å². The molecule has 2 saturated heterocycles. The molecule has 0 spiro atoms. The molecule has 2 N–H and O–H groups in total. The maximum absolute atomic E-state index is 17.3. The maximum Gasteiger partial charge on any atom is 0.319 e. The topological polar surface area (TPSA) is 133 Å². The van der Waals surface area contributed by atoms with Crippen LogP contribution < -0.4 is 20.9 Å². The van der Waals surface area contributed by atoms with Crippen LogP contribution in [0.3, 0.4) is 0 Å². The summed E-state index contributed by atoms with van der Waals surface area (Å²) in [6.45, 7) is 2.67. The maximum atomic E-state index is 17.3. The first-order valence-electron chi connectivity index (χ1n) is 17.0. The summed E-state index contributed by atoms with van der Waals surface area (Å²) in [6.07, 6.45) is 4.67. The van der Waals surface area contributed by atoms with Gasteiger partial charge < -0.3 is 24.5 Å². The summed E-state index contributed by atoms with van der Waals surface area (Å²) in [4.78, 5) is 32.4. The smallest absolute Gasteiger partial charge is 0.319 e. The lowest BCUT2D eigenvalue weighted by Crippen LogP contribution is -2.43. The number of hydrogen-bond donors (Lipinski definition) is 1. The van der Waals surface area contributed by atoms with E-state index in [-0.39, 0.29) is 62.0 Å². The molecule has 1 aromatic carbocycles. The molecular formula is C33H33F3N10O2S. The molecule has 5 aliphatic rings. The first-order valence-corrected chi connectivity index (χ1v) is 17.8. The van der Waals surface area contributed by atoms with E-state index in [0.717, 1.165) is 55.2 Å². The number of aromatic nitrogens is 7. The summed E-state index contributed by atoms with van der Waals surface area (Å²) in [7, 11) is 0. The van der Waals surface area contributed by atoms with Crippen LogP contribution in [-0.2, 0) is 13.1 Å². The number of alkyl halides is 1. The van der Waals surface area contributed by atoms with Crippen molar-refractivity contribution in [1.82, 2.24) is 39.2 Å². The third kappa shape index (κ3) is 4.59. The van der Waals surface area contributed by atoms with Gasteiger partial charge in [-0.2, -0.15) is 9.97 Å². The molecular weight excluding hydrogens is 657 g/mol. The molecule has 16 heteroatoms. The first kappa shape index (κ1) is 29.6. The number of nitrogens with zero attached hydrogens (tertiary/aromatic N) is 9. The minimum absolute atomic E-state index is 0.0185. The van der Waals surface area contributed by atoms with Gasteiger partial charge in [-0.3, -0.25) is 9.69 Å². The standard InChI is InChI=1S/C33H33F3N10O2S/c34-17-12-33(8-1-9-44(33)13-17)15-48-32-39-25-22(29(40-32)43-10-11-45-21(14-43)41-42-28(45)16-2-3-16)30(47)46(18-4-5-18)26(23(25)36)19-6-7-20(35)27-24(19)38-31(37)49-27/h6-7,16-18H,1-5,8-15H2,(H2,37,38)/t17-,33+/m1/s1. The van der Waals surface area contributed by atoms with Gasteiger partial charge in [0.25, 0.3) is 5.56 Å². The zero-order chi connectivity index (χ0) is 33.2. The number of nitrogen functional groups attached to an aromatic ring is 1. The van der Waals surface area contributed by atoms with E-state index in [0.29, 0.717) is 51.4 Å². The van der Waals surface area contributed by atoms with Crippen LogP contribution in [0.15, 0.2) is 16.9 Å². The van der Waals surface area contributed by atoms with Crippen molar-refractivity contribution < 1.29 is 17.9 Å². The van der Waals surface area contributed by atoms with Gasteiger partial charge in [-0.05, 0) is 57.2 Å². The lowest BCUT2D eigenvalue weighted by molar-refractivity contribution is 0.107. The Balaban J connectivity index is 1.16. The Morgan fingerprint density at radius 2 is 1.90 bits per heavy atom. The van der Waals surface area contributed by atoms with Crippen molar-refractivity contribution in [3.05, 3.63) is 45.8 Å². The second-order valence-electron chi connectivity index (χ2n) is 14.1. The van der Waals surface area contributed by atoms with E-state index in [2.05, 4.69) is 29.6 Å². The Kier molecular flexibility index (Phi) is 6.40. The number of nitrogens with two attached hydrogens (primary N) is 1. The van der Waals surface area contributed by atoms with Crippen LogP contribution in [0, 0.1) is 11.6 Å². The van der Waals surface area contributed by atoms with Crippen molar-refractivity contribution in [2.45, 2.75) is 81.7 Å². The molecule has 0 unspecified atom stereocenters. The molecule has 0 amide bonds. The molecule has 3 aliphatic heterocycles. The number of ether oxygens (including phenoxy) is 1. The van der Waals surface area contributed by atoms with Crippen molar-refractivity contribution in [3.8, 4) is 17.3 Å². The van der Waals surface area contributed by atoms with Gasteiger partial charge in [0.15, 0.2) is 16.8 Å². The molecule has 0 radical (unpaired) electrons. The highest BCUT2D eigenvalue weighted by atomic mass is 32.1. The zero-order valence-corrected chi connectivity index (χ0v) is 27.4. The number of fused-ring (bicyclic) bond motifs is 4. The highest BCUT2D eigenvalue weighted by Crippen LogP contribution is 2.45. The van der Waals surface area contributed by atoms with Gasteiger partial charge in [0.1, 0.15) is 41.1 Å². The number of thiazole rings is 1. The Hall–Kier alpha value is -4.31. The number of hydrogen-bond acceptors (Lipinski definition) is 11. The van der Waals surface area contributed by atoms with E-state index in [1.54, 1.807) is 0 Å². The Morgan fingerprint density at radius 3 is 2.71 bits per heavy atom. The van der Waals surface area contributed by atoms with Gasteiger partial charge >= 0.3 is 6.01 Å². The molecule has 4 aromatic heterocycles. The molecule has 2 saturated carbocycles. The quantitative estimate of drug-likeness (QED) is 0.256. The highest BCUT2D eigenvalue weighted by Gasteiger charge is 2.49. The van der Waals surface area contributed by atoms with Crippen LogP contribution in [0.4, 0.5) is 24.1 Å². The zero-order valence-electron chi connectivity index (χ0n) is 26.5. The van der Waals surface area contributed by atoms with E-state index in [1.165, 1.54) is 16.7 Å². The largest absolute Gasteiger partial charge is 0.461 e. The highest BCUT2D eigenvalue weighted by molar-refractivity contribution is 7.22. The van der Waals surface area contributed by atoms with Crippen molar-refractivity contribution in [2.24, 2.45) is 0 Å². The van der Waals surface area contributed by atoms with Crippen molar-refractivity contribution >= 4 is 43.4 Å². The molecule has 254 valence electrons. The lowest BCUT2D eigenvalue weighted by atomic mass is 9.95. The van der Waals surface area contributed by atoms with Gasteiger partial charge in [0.2, 0.25) is 0 Å². The fraction of sp³-hybridized carbons (Fsp3) is 0.515. The van der Waals surface area contributed by atoms with Crippen molar-refractivity contribution in [1.29, 1.82) is 0 Å². The van der Waals surface area contributed by atoms with E-state index in [9.17, 15) is 13.6 Å². The molecule has 7 heterocycles. The van der Waals surface area contributed by atoms with Gasteiger partial charge in [0, 0.05) is 43.6 Å². The molecule has 49 heavy (non-hydrogen) atoms. The van der Waals surface area contributed by atoms with Crippen LogP contribution in [0.5, 0.6) is 6.01 Å². The predicted molar refractivity (Wildman–Crippen MR) is 177 cm³/mol. The molecule has 12 nitrogen and oxygen atoms in total. The van der Waals surface area contributed by atoms with Gasteiger partial charge in [0.05, 0.1) is 28.0 Å². The fourth-order valence-corrected chi connectivity index (χ4v) is 9.05. The molecule has 5 aromatic rings. The molecule has 2 atom stereocenters. The minimum Gasteiger partial charge on any atom is -0.461 e. The molecule has 0 bridgehead atoms. The molecule has 10 rings (SSSR count). The summed E-state index contributed by atoms with van der Waals surface area (Å²) in [6, 6.07) is 2.34. The van der Waals surface area contributed by atoms with Crippen LogP contribution in [0.25, 0.3) is 32.4 Å². The average Bonchev–Trinajstić information content (AvgIpc) is 3.96. The summed E-state index contributed by atoms with van der Waals surface area (Å²) < 4.78 is 56.8. The summed E-state index contributed by atoms with van der Waals surface area (Å²) in [5, 5.41) is 9.10. The summed E-state index contributed by atoms with van der Waals surface area (Å²) in [5.74, 6) is 1.12. The predicted octanol–water partition coefficient (Wildman–Crippen LogP) is 4.71. The van der Waals surface area contributed by atoms with Gasteiger partial charge in [-0.25, -0.2) is 18.2 Å². The van der Waals surface area contributed by atoms with E-state index in [4.69, 9.17) is 15.5 Å². The summed E-state index contributed by atoms with van der Waals surface area (Å²) >= 11 is 0.968. The van der Waals surface area contributed by atoms with Crippen molar-refractivity contribution in [2.75, 3.05) is 36.9 Å². The third-order valence-corrected chi connectivity index (χ3v) is 11.8. The van der Waals surface area contributed by atoms with Crippen molar-refractivity contribution in [3.63, 3.8) is 0 Å². The number of rotatable bonds is 7. The van der Waals surface area contributed by atoms with Crippen LogP contribution in [0.1, 0.15) is 68.6 Å².